The van der Waals surface area contributed by atoms with Gasteiger partial charge in [0.05, 0.1) is 13.7 Å². The van der Waals surface area contributed by atoms with Crippen molar-refractivity contribution in [2.24, 2.45) is 5.92 Å². The Morgan fingerprint density at radius 2 is 1.70 bits per heavy atom. The molecule has 10 nitrogen and oxygen atoms in total. The predicted octanol–water partition coefficient (Wildman–Crippen LogP) is 3.45. The first kappa shape index (κ1) is 29.4. The lowest BCUT2D eigenvalue weighted by Gasteiger charge is -2.35. The number of hydrogen-bond acceptors (Lipinski definition) is 7. The van der Waals surface area contributed by atoms with Gasteiger partial charge in [0, 0.05) is 12.2 Å². The number of nitrogens with zero attached hydrogens (tertiary/aromatic N) is 1. The fraction of sp³-hybridized carbons (Fsp3) is 0.444. The predicted molar refractivity (Wildman–Crippen MR) is 139 cm³/mol. The second-order valence-electron chi connectivity index (χ2n) is 9.84. The summed E-state index contributed by atoms with van der Waals surface area (Å²) < 4.78 is 10.5. The van der Waals surface area contributed by atoms with E-state index in [1.165, 1.54) is 24.1 Å². The topological polar surface area (TPSA) is 137 Å². The Balaban J connectivity index is 2.46. The van der Waals surface area contributed by atoms with Crippen LogP contribution in [0.5, 0.6) is 11.5 Å². The number of nitrogens with one attached hydrogen (secondary N) is 2. The zero-order valence-electron chi connectivity index (χ0n) is 22.1. The summed E-state index contributed by atoms with van der Waals surface area (Å²) in [6.45, 7) is 7.98. The number of alkyl carbamates (subject to hydrolysis) is 1. The molecule has 0 radical (unpaired) electrons. The number of rotatable bonds is 10. The van der Waals surface area contributed by atoms with Gasteiger partial charge in [-0.05, 0) is 68.7 Å². The Kier molecular flexibility index (Phi) is 10.3. The Morgan fingerprint density at radius 3 is 2.22 bits per heavy atom. The maximum Gasteiger partial charge on any atom is 0.408 e. The number of anilines is 1. The summed E-state index contributed by atoms with van der Waals surface area (Å²) in [4.78, 5) is 41.1. The number of aliphatic hydroxyl groups is 1. The molecule has 0 bridgehead atoms. The third-order valence-corrected chi connectivity index (χ3v) is 5.33. The number of aromatic hydroxyl groups is 1. The molecule has 2 unspecified atom stereocenters. The maximum absolute atomic E-state index is 13.8. The standard InChI is InChI=1S/C27H37N3O7/c1-17(2)22(29-26(35)37-27(3,4)5)25(34)30(14-15-31)23(18-8-7-9-20(32)16-18)24(33)28-19-10-12-21(36-6)13-11-19/h7-13,16-17,22-23,31-32H,14-15H2,1-6H3,(H,28,33)(H,29,35). The minimum atomic E-state index is -1.23. The fourth-order valence-corrected chi connectivity index (χ4v) is 3.65. The van der Waals surface area contributed by atoms with Crippen LogP contribution in [-0.2, 0) is 14.3 Å². The molecule has 10 heteroatoms. The second kappa shape index (κ2) is 13.0. The van der Waals surface area contributed by atoms with Crippen LogP contribution in [0.4, 0.5) is 10.5 Å². The Morgan fingerprint density at radius 1 is 1.05 bits per heavy atom. The van der Waals surface area contributed by atoms with Crippen LogP contribution in [0.1, 0.15) is 46.2 Å². The molecule has 3 amide bonds. The van der Waals surface area contributed by atoms with E-state index in [-0.39, 0.29) is 18.2 Å². The normalized spacial score (nSPS) is 12.9. The molecule has 2 aromatic carbocycles. The van der Waals surface area contributed by atoms with Crippen LogP contribution in [0.3, 0.4) is 0 Å². The van der Waals surface area contributed by atoms with Gasteiger partial charge in [-0.2, -0.15) is 0 Å². The van der Waals surface area contributed by atoms with E-state index >= 15 is 0 Å². The quantitative estimate of drug-likeness (QED) is 0.380. The van der Waals surface area contributed by atoms with Gasteiger partial charge in [0.15, 0.2) is 0 Å². The molecule has 0 saturated carbocycles. The second-order valence-corrected chi connectivity index (χ2v) is 9.84. The molecular weight excluding hydrogens is 478 g/mol. The number of methoxy groups -OCH3 is 1. The number of carbonyl (C=O) groups is 3. The number of aliphatic hydroxyl groups excluding tert-OH is 1. The van der Waals surface area contributed by atoms with Gasteiger partial charge < -0.3 is 35.2 Å². The highest BCUT2D eigenvalue weighted by Crippen LogP contribution is 2.28. The number of phenols is 1. The lowest BCUT2D eigenvalue weighted by molar-refractivity contribution is -0.142. The Bertz CT molecular complexity index is 1060. The molecule has 2 aromatic rings. The first-order chi connectivity index (χ1) is 17.4. The summed E-state index contributed by atoms with van der Waals surface area (Å²) in [6, 6.07) is 10.4. The summed E-state index contributed by atoms with van der Waals surface area (Å²) in [5, 5.41) is 25.3. The molecule has 0 aromatic heterocycles. The highest BCUT2D eigenvalue weighted by atomic mass is 16.6. The van der Waals surface area contributed by atoms with Crippen molar-refractivity contribution in [3.63, 3.8) is 0 Å². The van der Waals surface area contributed by atoms with E-state index in [2.05, 4.69) is 10.6 Å². The lowest BCUT2D eigenvalue weighted by Crippen LogP contribution is -2.55. The molecule has 2 rings (SSSR count). The largest absolute Gasteiger partial charge is 0.508 e. The van der Waals surface area contributed by atoms with Gasteiger partial charge in [0.25, 0.3) is 5.91 Å². The van der Waals surface area contributed by atoms with Crippen molar-refractivity contribution in [1.29, 1.82) is 0 Å². The van der Waals surface area contributed by atoms with Crippen molar-refractivity contribution in [2.45, 2.75) is 52.3 Å². The van der Waals surface area contributed by atoms with E-state index in [9.17, 15) is 24.6 Å². The van der Waals surface area contributed by atoms with Crippen LogP contribution in [0.15, 0.2) is 48.5 Å². The van der Waals surface area contributed by atoms with Gasteiger partial charge in [-0.25, -0.2) is 4.79 Å². The Hall–Kier alpha value is -3.79. The molecule has 0 fully saturated rings. The van der Waals surface area contributed by atoms with E-state index in [4.69, 9.17) is 9.47 Å². The van der Waals surface area contributed by atoms with Crippen LogP contribution in [0.25, 0.3) is 0 Å². The zero-order chi connectivity index (χ0) is 27.8. The third-order valence-electron chi connectivity index (χ3n) is 5.33. The van der Waals surface area contributed by atoms with Crippen molar-refractivity contribution in [1.82, 2.24) is 10.2 Å². The first-order valence-electron chi connectivity index (χ1n) is 12.0. The van der Waals surface area contributed by atoms with Crippen molar-refractivity contribution >= 4 is 23.6 Å². The third kappa shape index (κ3) is 8.68. The molecule has 0 aliphatic rings. The fourth-order valence-electron chi connectivity index (χ4n) is 3.65. The molecule has 202 valence electrons. The molecule has 0 saturated heterocycles. The number of ether oxygens (including phenoxy) is 2. The molecule has 37 heavy (non-hydrogen) atoms. The maximum atomic E-state index is 13.8. The van der Waals surface area contributed by atoms with E-state index in [0.717, 1.165) is 0 Å². The number of phenolic OH excluding ortho intramolecular Hbond substituents is 1. The van der Waals surface area contributed by atoms with E-state index in [0.29, 0.717) is 17.0 Å². The monoisotopic (exact) mass is 515 g/mol. The molecule has 2 atom stereocenters. The number of carbonyl (C=O) groups excluding carboxylic acids is 3. The Labute approximate surface area is 217 Å². The van der Waals surface area contributed by atoms with Crippen molar-refractivity contribution in [3.8, 4) is 11.5 Å². The van der Waals surface area contributed by atoms with Crippen LogP contribution in [0.2, 0.25) is 0 Å². The minimum Gasteiger partial charge on any atom is -0.508 e. The number of benzene rings is 2. The average molecular weight is 516 g/mol. The smallest absolute Gasteiger partial charge is 0.408 e. The summed E-state index contributed by atoms with van der Waals surface area (Å²) in [5.41, 5.74) is 0.00847. The first-order valence-corrected chi connectivity index (χ1v) is 12.0. The van der Waals surface area contributed by atoms with Crippen LogP contribution < -0.4 is 15.4 Å². The summed E-state index contributed by atoms with van der Waals surface area (Å²) in [5.74, 6) is -1.02. The van der Waals surface area contributed by atoms with Crippen LogP contribution in [-0.4, -0.2) is 64.9 Å². The average Bonchev–Trinajstić information content (AvgIpc) is 2.81. The van der Waals surface area contributed by atoms with Gasteiger partial charge >= 0.3 is 6.09 Å². The number of hydrogen-bond donors (Lipinski definition) is 4. The zero-order valence-corrected chi connectivity index (χ0v) is 22.1. The lowest BCUT2D eigenvalue weighted by atomic mass is 9.98. The van der Waals surface area contributed by atoms with Crippen molar-refractivity contribution in [2.75, 3.05) is 25.6 Å². The van der Waals surface area contributed by atoms with E-state index in [1.807, 2.05) is 0 Å². The van der Waals surface area contributed by atoms with Gasteiger partial charge in [0.2, 0.25) is 5.91 Å². The molecule has 0 aliphatic carbocycles. The SMILES string of the molecule is COc1ccc(NC(=O)C(c2cccc(O)c2)N(CCO)C(=O)C(NC(=O)OC(C)(C)C)C(C)C)cc1. The summed E-state index contributed by atoms with van der Waals surface area (Å²) in [6.07, 6.45) is -0.778. The molecule has 0 spiro atoms. The van der Waals surface area contributed by atoms with Gasteiger partial charge in [-0.1, -0.05) is 26.0 Å². The van der Waals surface area contributed by atoms with Gasteiger partial charge in [-0.3, -0.25) is 9.59 Å². The number of amides is 3. The highest BCUT2D eigenvalue weighted by Gasteiger charge is 2.37. The van der Waals surface area contributed by atoms with Crippen molar-refractivity contribution < 1.29 is 34.1 Å². The van der Waals surface area contributed by atoms with Gasteiger partial charge in [-0.15, -0.1) is 0 Å². The summed E-state index contributed by atoms with van der Waals surface area (Å²) in [7, 11) is 1.53. The highest BCUT2D eigenvalue weighted by molar-refractivity contribution is 5.99. The summed E-state index contributed by atoms with van der Waals surface area (Å²) >= 11 is 0. The molecule has 4 N–H and O–H groups in total. The van der Waals surface area contributed by atoms with Crippen molar-refractivity contribution in [3.05, 3.63) is 54.1 Å². The van der Waals surface area contributed by atoms with Crippen LogP contribution in [0, 0.1) is 5.92 Å². The minimum absolute atomic E-state index is 0.0940. The van der Waals surface area contributed by atoms with E-state index < -0.39 is 42.2 Å². The molecule has 0 heterocycles. The van der Waals surface area contributed by atoms with E-state index in [1.54, 1.807) is 71.0 Å². The molecule has 0 aliphatic heterocycles. The molecular formula is C27H37N3O7. The van der Waals surface area contributed by atoms with Crippen LogP contribution >= 0.6 is 0 Å². The van der Waals surface area contributed by atoms with Gasteiger partial charge in [0.1, 0.15) is 29.2 Å².